The number of aromatic nitrogens is 6. The van der Waals surface area contributed by atoms with Gasteiger partial charge in [-0.15, -0.1) is 0 Å². The molecule has 10 nitrogen and oxygen atoms in total. The zero-order valence-corrected chi connectivity index (χ0v) is 30.1. The van der Waals surface area contributed by atoms with Crippen molar-refractivity contribution < 1.29 is 0 Å². The van der Waals surface area contributed by atoms with E-state index in [0.717, 1.165) is 83.5 Å². The molecule has 7 aromatic rings. The first-order valence-corrected chi connectivity index (χ1v) is 18.4. The summed E-state index contributed by atoms with van der Waals surface area (Å²) in [5.74, 6) is 3.59. The van der Waals surface area contributed by atoms with Crippen molar-refractivity contribution in [3.05, 3.63) is 130 Å². The van der Waals surface area contributed by atoms with Gasteiger partial charge in [0.25, 0.3) is 0 Å². The Morgan fingerprint density at radius 3 is 1.21 bits per heavy atom. The summed E-state index contributed by atoms with van der Waals surface area (Å²) >= 11 is 0. The van der Waals surface area contributed by atoms with Crippen molar-refractivity contribution in [2.75, 3.05) is 22.9 Å². The van der Waals surface area contributed by atoms with Crippen LogP contribution in [-0.2, 0) is 38.8 Å². The third kappa shape index (κ3) is 7.01. The molecule has 0 radical (unpaired) electrons. The van der Waals surface area contributed by atoms with Gasteiger partial charge in [-0.05, 0) is 35.1 Å². The van der Waals surface area contributed by atoms with Crippen LogP contribution in [0.15, 0.2) is 84.9 Å². The van der Waals surface area contributed by atoms with E-state index in [9.17, 15) is 0 Å². The van der Waals surface area contributed by atoms with Crippen molar-refractivity contribution >= 4 is 45.3 Å². The van der Waals surface area contributed by atoms with Crippen LogP contribution in [0.2, 0.25) is 0 Å². The van der Waals surface area contributed by atoms with Crippen LogP contribution in [0.4, 0.5) is 23.3 Å². The lowest BCUT2D eigenvalue weighted by molar-refractivity contribution is 0.689. The molecule has 4 aromatic heterocycles. The highest BCUT2D eigenvalue weighted by atomic mass is 15.1. The quantitative estimate of drug-likeness (QED) is 0.0911. The predicted octanol–water partition coefficient (Wildman–Crippen LogP) is 7.47. The lowest BCUT2D eigenvalue weighted by Gasteiger charge is -2.15. The molecule has 0 unspecified atom stereocenters. The van der Waals surface area contributed by atoms with Gasteiger partial charge in [-0.2, -0.15) is 0 Å². The van der Waals surface area contributed by atoms with E-state index >= 15 is 0 Å². The molecule has 7 rings (SSSR count). The zero-order chi connectivity index (χ0) is 36.2. The summed E-state index contributed by atoms with van der Waals surface area (Å²) in [6, 6.07) is 29.5. The minimum absolute atomic E-state index is 0.363. The van der Waals surface area contributed by atoms with Gasteiger partial charge in [-0.3, -0.25) is 0 Å². The Labute approximate surface area is 304 Å². The average Bonchev–Trinajstić information content (AvgIpc) is 3.70. The van der Waals surface area contributed by atoms with Crippen molar-refractivity contribution in [2.45, 2.75) is 78.3 Å². The minimum Gasteiger partial charge on any atom is -0.383 e. The standard InChI is InChI=1S/C42H48N10/c1-3-5-17-33-47-35-37(51(33)25-29-13-9-7-10-14-29)31(39(43)49-41(35)45)23-27-19-21-28(22-20-27)24-32-38-36(42(46)50-40(32)44)48-34(18-6-4-2)52(38)26-30-15-11-8-12-16-30/h7-16,19-22H,3-6,17-18,23-26H2,1-2H3,(H4,43,45,49)(H4,44,46,50). The Morgan fingerprint density at radius 2 is 0.846 bits per heavy atom. The SMILES string of the molecule is CCCCc1nc2c(N)nc(N)c(Cc3ccc(Cc4c(N)nc(N)c5nc(CCCC)n(Cc6ccccc6)c45)cc3)c2n1Cc1ccccc1. The Balaban J connectivity index is 1.24. The Kier molecular flexibility index (Phi) is 10.1. The number of benzene rings is 3. The first-order valence-electron chi connectivity index (χ1n) is 18.4. The molecule has 0 bridgehead atoms. The van der Waals surface area contributed by atoms with Gasteiger partial charge in [0.05, 0.1) is 11.0 Å². The van der Waals surface area contributed by atoms with Gasteiger partial charge >= 0.3 is 0 Å². The predicted molar refractivity (Wildman–Crippen MR) is 213 cm³/mol. The number of nitrogen functional groups attached to an aromatic ring is 4. The smallest absolute Gasteiger partial charge is 0.154 e. The van der Waals surface area contributed by atoms with Crippen LogP contribution in [0.5, 0.6) is 0 Å². The number of anilines is 4. The molecule has 0 saturated carbocycles. The van der Waals surface area contributed by atoms with Gasteiger partial charge in [0.15, 0.2) is 11.6 Å². The first kappa shape index (κ1) is 34.5. The maximum atomic E-state index is 6.65. The fourth-order valence-corrected chi connectivity index (χ4v) is 7.17. The van der Waals surface area contributed by atoms with Gasteiger partial charge in [0.1, 0.15) is 34.3 Å². The molecule has 0 atom stereocenters. The summed E-state index contributed by atoms with van der Waals surface area (Å²) in [5.41, 5.74) is 36.0. The molecule has 8 N–H and O–H groups in total. The number of fused-ring (bicyclic) bond motifs is 2. The maximum absolute atomic E-state index is 6.65. The molecule has 266 valence electrons. The number of nitrogens with zero attached hydrogens (tertiary/aromatic N) is 6. The van der Waals surface area contributed by atoms with Gasteiger partial charge in [-0.1, -0.05) is 112 Å². The van der Waals surface area contributed by atoms with E-state index in [-0.39, 0.29) is 0 Å². The highest BCUT2D eigenvalue weighted by molar-refractivity contribution is 5.92. The van der Waals surface area contributed by atoms with Gasteiger partial charge in [0, 0.05) is 49.9 Å². The van der Waals surface area contributed by atoms with E-state index in [2.05, 4.69) is 106 Å². The topological polar surface area (TPSA) is 166 Å². The molecule has 0 spiro atoms. The maximum Gasteiger partial charge on any atom is 0.154 e. The monoisotopic (exact) mass is 692 g/mol. The number of imidazole rings is 2. The summed E-state index contributed by atoms with van der Waals surface area (Å²) in [6.45, 7) is 5.74. The molecular formula is C42H48N10. The molecule has 3 aromatic carbocycles. The van der Waals surface area contributed by atoms with E-state index < -0.39 is 0 Å². The second kappa shape index (κ2) is 15.1. The summed E-state index contributed by atoms with van der Waals surface area (Å²) in [5, 5.41) is 0. The Hall–Kier alpha value is -5.90. The average molecular weight is 693 g/mol. The Morgan fingerprint density at radius 1 is 0.462 bits per heavy atom. The first-order chi connectivity index (χ1) is 25.3. The van der Waals surface area contributed by atoms with Crippen molar-refractivity contribution in [3.63, 3.8) is 0 Å². The molecule has 0 fully saturated rings. The van der Waals surface area contributed by atoms with E-state index in [1.165, 1.54) is 11.1 Å². The number of aryl methyl sites for hydroxylation is 2. The highest BCUT2D eigenvalue weighted by Gasteiger charge is 2.22. The molecule has 52 heavy (non-hydrogen) atoms. The zero-order valence-electron chi connectivity index (χ0n) is 30.1. The number of pyridine rings is 2. The summed E-state index contributed by atoms with van der Waals surface area (Å²) < 4.78 is 4.57. The van der Waals surface area contributed by atoms with Crippen LogP contribution in [0.1, 0.15) is 84.6 Å². The Bertz CT molecular complexity index is 2140. The van der Waals surface area contributed by atoms with Crippen molar-refractivity contribution in [3.8, 4) is 0 Å². The second-order valence-electron chi connectivity index (χ2n) is 13.7. The molecule has 0 saturated heterocycles. The number of hydrogen-bond acceptors (Lipinski definition) is 8. The third-order valence-electron chi connectivity index (χ3n) is 9.91. The van der Waals surface area contributed by atoms with E-state index in [1.807, 2.05) is 12.1 Å². The molecule has 0 aliphatic carbocycles. The molecule has 0 aliphatic heterocycles. The minimum atomic E-state index is 0.363. The molecule has 0 aliphatic rings. The van der Waals surface area contributed by atoms with Crippen molar-refractivity contribution in [1.29, 1.82) is 0 Å². The van der Waals surface area contributed by atoms with E-state index in [0.29, 0.717) is 60.2 Å². The van der Waals surface area contributed by atoms with Gasteiger partial charge in [-0.25, -0.2) is 19.9 Å². The fraction of sp³-hybridized carbons (Fsp3) is 0.286. The van der Waals surface area contributed by atoms with Gasteiger partial charge < -0.3 is 32.1 Å². The molecular weight excluding hydrogens is 645 g/mol. The summed E-state index contributed by atoms with van der Waals surface area (Å²) in [7, 11) is 0. The third-order valence-corrected chi connectivity index (χ3v) is 9.91. The van der Waals surface area contributed by atoms with Crippen LogP contribution in [0.25, 0.3) is 22.1 Å². The number of nitrogens with two attached hydrogens (primary N) is 4. The second-order valence-corrected chi connectivity index (χ2v) is 13.7. The molecule has 10 heteroatoms. The van der Waals surface area contributed by atoms with Crippen LogP contribution in [0, 0.1) is 0 Å². The summed E-state index contributed by atoms with van der Waals surface area (Å²) in [4.78, 5) is 19.2. The molecule has 4 heterocycles. The van der Waals surface area contributed by atoms with E-state index in [1.54, 1.807) is 0 Å². The van der Waals surface area contributed by atoms with Crippen LogP contribution < -0.4 is 22.9 Å². The van der Waals surface area contributed by atoms with Crippen molar-refractivity contribution in [1.82, 2.24) is 29.1 Å². The van der Waals surface area contributed by atoms with E-state index in [4.69, 9.17) is 32.9 Å². The molecule has 0 amide bonds. The lowest BCUT2D eigenvalue weighted by atomic mass is 9.99. The van der Waals surface area contributed by atoms with Crippen LogP contribution in [0.3, 0.4) is 0 Å². The highest BCUT2D eigenvalue weighted by Crippen LogP contribution is 2.33. The largest absolute Gasteiger partial charge is 0.383 e. The lowest BCUT2D eigenvalue weighted by Crippen LogP contribution is -2.10. The van der Waals surface area contributed by atoms with Crippen LogP contribution >= 0.6 is 0 Å². The number of rotatable bonds is 14. The van der Waals surface area contributed by atoms with Crippen molar-refractivity contribution in [2.24, 2.45) is 0 Å². The normalized spacial score (nSPS) is 11.6. The number of hydrogen-bond donors (Lipinski definition) is 4. The van der Waals surface area contributed by atoms with Gasteiger partial charge in [0.2, 0.25) is 0 Å². The van der Waals surface area contributed by atoms with Crippen LogP contribution in [-0.4, -0.2) is 29.1 Å². The summed E-state index contributed by atoms with van der Waals surface area (Å²) in [6.07, 6.45) is 7.09. The fourth-order valence-electron chi connectivity index (χ4n) is 7.17. The number of unbranched alkanes of at least 4 members (excludes halogenated alkanes) is 2.